The molecule has 2 unspecified atom stereocenters. The first kappa shape index (κ1) is 55.5. The van der Waals surface area contributed by atoms with Crippen molar-refractivity contribution in [2.24, 2.45) is 0 Å². The van der Waals surface area contributed by atoms with Crippen LogP contribution >= 0.6 is 0 Å². The number of ether oxygens (including phenoxy) is 3. The maximum atomic E-state index is 12.7. The fraction of sp³-hybridized carbons (Fsp3) is 0.519. The van der Waals surface area contributed by atoms with Gasteiger partial charge < -0.3 is 28.6 Å². The van der Waals surface area contributed by atoms with Gasteiger partial charge in [-0.25, -0.2) is 0 Å². The van der Waals surface area contributed by atoms with E-state index in [1.54, 1.807) is 21.1 Å². The number of aliphatic carboxylic acids is 1. The van der Waals surface area contributed by atoms with E-state index in [1.807, 2.05) is 12.2 Å². The molecule has 0 N–H and O–H groups in total. The number of esters is 2. The number of carbonyl (C=O) groups is 3. The quantitative estimate of drug-likeness (QED) is 0.0266. The molecule has 0 fully saturated rings. The Labute approximate surface area is 364 Å². The average Bonchev–Trinajstić information content (AvgIpc) is 3.21. The Balaban J connectivity index is 4.60. The molecule has 0 saturated carbocycles. The van der Waals surface area contributed by atoms with Gasteiger partial charge in [-0.3, -0.25) is 9.59 Å². The van der Waals surface area contributed by atoms with Crippen LogP contribution in [-0.2, 0) is 28.6 Å². The molecule has 0 aromatic carbocycles. The van der Waals surface area contributed by atoms with E-state index in [9.17, 15) is 19.5 Å². The molecule has 0 spiro atoms. The highest BCUT2D eigenvalue weighted by Crippen LogP contribution is 2.09. The highest BCUT2D eigenvalue weighted by atomic mass is 16.6. The van der Waals surface area contributed by atoms with Crippen molar-refractivity contribution >= 4 is 17.9 Å². The number of likely N-dealkylation sites (N-methyl/N-ethyl adjacent to an activating group) is 1. The van der Waals surface area contributed by atoms with Gasteiger partial charge in [0.25, 0.3) is 0 Å². The Bertz CT molecular complexity index is 1430. The van der Waals surface area contributed by atoms with E-state index < -0.39 is 24.1 Å². The van der Waals surface area contributed by atoms with E-state index in [2.05, 4.69) is 135 Å². The molecule has 2 atom stereocenters. The maximum absolute atomic E-state index is 12.7. The fourth-order valence-corrected chi connectivity index (χ4v) is 5.42. The van der Waals surface area contributed by atoms with Gasteiger partial charge in [-0.05, 0) is 89.9 Å². The number of hydrogen-bond donors (Lipinski definition) is 0. The van der Waals surface area contributed by atoms with Gasteiger partial charge >= 0.3 is 11.9 Å². The summed E-state index contributed by atoms with van der Waals surface area (Å²) in [6.45, 7) is 4.25. The highest BCUT2D eigenvalue weighted by molar-refractivity contribution is 5.70. The molecule has 8 nitrogen and oxygen atoms in total. The third-order valence-corrected chi connectivity index (χ3v) is 8.80. The minimum atomic E-state index is -1.15. The predicted octanol–water partition coefficient (Wildman–Crippen LogP) is 11.1. The van der Waals surface area contributed by atoms with Gasteiger partial charge in [0.1, 0.15) is 12.6 Å². The number of carbonyl (C=O) groups excluding carboxylic acids is 3. The maximum Gasteiger partial charge on any atom is 0.306 e. The summed E-state index contributed by atoms with van der Waals surface area (Å²) in [7, 11) is 5.34. The number of hydrogen-bond acceptors (Lipinski definition) is 7. The van der Waals surface area contributed by atoms with Crippen LogP contribution in [0.3, 0.4) is 0 Å². The van der Waals surface area contributed by atoms with E-state index in [4.69, 9.17) is 14.2 Å². The Morgan fingerprint density at radius 2 is 0.883 bits per heavy atom. The van der Waals surface area contributed by atoms with Crippen molar-refractivity contribution in [1.29, 1.82) is 0 Å². The van der Waals surface area contributed by atoms with Crippen LogP contribution in [0.5, 0.6) is 0 Å². The third-order valence-electron chi connectivity index (χ3n) is 8.80. The summed E-state index contributed by atoms with van der Waals surface area (Å²) in [6, 6.07) is -0.756. The molecule has 8 heteroatoms. The lowest BCUT2D eigenvalue weighted by Gasteiger charge is -2.34. The Morgan fingerprint density at radius 3 is 1.27 bits per heavy atom. The number of rotatable bonds is 37. The van der Waals surface area contributed by atoms with Crippen LogP contribution in [0.4, 0.5) is 0 Å². The molecule has 0 aliphatic rings. The van der Waals surface area contributed by atoms with Gasteiger partial charge in [-0.15, -0.1) is 0 Å². The van der Waals surface area contributed by atoms with Crippen LogP contribution in [0.25, 0.3) is 0 Å². The topological polar surface area (TPSA) is 102 Å². The van der Waals surface area contributed by atoms with Gasteiger partial charge in [-0.2, -0.15) is 0 Å². The molecule has 0 aliphatic carbocycles. The van der Waals surface area contributed by atoms with Crippen LogP contribution in [0.15, 0.2) is 134 Å². The molecule has 0 aliphatic heterocycles. The Morgan fingerprint density at radius 1 is 0.500 bits per heavy atom. The molecule has 0 aromatic heterocycles. The number of nitrogens with zero attached hydrogens (tertiary/aromatic N) is 1. The number of allylic oxidation sites excluding steroid dienone is 22. The number of unbranched alkanes of at least 4 members (excludes halogenated alkanes) is 1. The molecule has 0 rings (SSSR count). The molecule has 0 bridgehead atoms. The zero-order valence-electron chi connectivity index (χ0n) is 37.8. The zero-order chi connectivity index (χ0) is 44.2. The van der Waals surface area contributed by atoms with Gasteiger partial charge in [0.15, 0.2) is 6.10 Å². The summed E-state index contributed by atoms with van der Waals surface area (Å²) < 4.78 is 17.0. The summed E-state index contributed by atoms with van der Waals surface area (Å²) in [5.41, 5.74) is 0. The number of carboxylic acids is 1. The largest absolute Gasteiger partial charge is 0.544 e. The summed E-state index contributed by atoms with van der Waals surface area (Å²) in [5, 5.41) is 11.6. The van der Waals surface area contributed by atoms with E-state index in [0.29, 0.717) is 12.8 Å². The molecular weight excluding hydrogens is 751 g/mol. The van der Waals surface area contributed by atoms with E-state index >= 15 is 0 Å². The second kappa shape index (κ2) is 41.2. The molecular formula is C52H79NO7. The van der Waals surface area contributed by atoms with Gasteiger partial charge in [0, 0.05) is 19.3 Å². The second-order valence-electron chi connectivity index (χ2n) is 15.2. The monoisotopic (exact) mass is 830 g/mol. The van der Waals surface area contributed by atoms with Gasteiger partial charge in [-0.1, -0.05) is 148 Å². The Kier molecular flexibility index (Phi) is 38.1. The lowest BCUT2D eigenvalue weighted by Crippen LogP contribution is -2.55. The third kappa shape index (κ3) is 39.0. The van der Waals surface area contributed by atoms with Crippen molar-refractivity contribution in [2.75, 3.05) is 41.0 Å². The van der Waals surface area contributed by atoms with Crippen molar-refractivity contribution in [3.63, 3.8) is 0 Å². The van der Waals surface area contributed by atoms with Gasteiger partial charge in [0.05, 0.1) is 40.3 Å². The molecule has 60 heavy (non-hydrogen) atoms. The van der Waals surface area contributed by atoms with E-state index in [0.717, 1.165) is 77.0 Å². The average molecular weight is 830 g/mol. The second-order valence-corrected chi connectivity index (χ2v) is 15.2. The minimum absolute atomic E-state index is 0.0180. The molecule has 0 aromatic rings. The lowest BCUT2D eigenvalue weighted by molar-refractivity contribution is -0.889. The Hall–Kier alpha value is -4.53. The molecule has 334 valence electrons. The summed E-state index contributed by atoms with van der Waals surface area (Å²) >= 11 is 0. The van der Waals surface area contributed by atoms with Crippen LogP contribution in [0.2, 0.25) is 0 Å². The van der Waals surface area contributed by atoms with Crippen molar-refractivity contribution in [3.8, 4) is 0 Å². The SMILES string of the molecule is CC/C=C\C/C=C\C/C=C\C/C=C\C/C=C\C/C=C\CCC(=O)OC(COCCC(C(=O)[O-])[N+](C)(C)C)COC(=O)CCC/C=C\C/C=C\C/C=C\C/C=C\C/C=C\CC. The zero-order valence-corrected chi connectivity index (χ0v) is 37.8. The number of carboxylic acid groups (broad SMARTS) is 1. The molecule has 0 radical (unpaired) electrons. The summed E-state index contributed by atoms with van der Waals surface area (Å²) in [5.74, 6) is -1.94. The summed E-state index contributed by atoms with van der Waals surface area (Å²) in [6.07, 6.45) is 59.3. The van der Waals surface area contributed by atoms with Crippen LogP contribution < -0.4 is 5.11 Å². The predicted molar refractivity (Wildman–Crippen MR) is 249 cm³/mol. The van der Waals surface area contributed by atoms with Crippen molar-refractivity contribution in [1.82, 2.24) is 0 Å². The standard InChI is InChI=1S/C52H79NO7/c1-6-8-10-12-14-16-18-20-22-24-25-27-29-31-33-35-37-39-41-43-51(55)60-48(46-58-45-44-49(52(56)57)53(3,4)5)47-59-50(54)42-40-38-36-34-32-30-28-26-23-21-19-17-15-13-11-9-7-2/h8-11,14-17,20-23,25,27-28,30-31,33-34,36-37,39,48-49H,6-7,12-13,18-19,24,26,29,32,35,38,40-47H2,1-5H3/b10-8-,11-9-,16-14-,17-15-,22-20-,23-21-,27-25-,30-28-,33-31-,36-34-,39-37-. The molecule has 0 saturated heterocycles. The van der Waals surface area contributed by atoms with Crippen molar-refractivity contribution in [3.05, 3.63) is 134 Å². The molecule has 0 heterocycles. The van der Waals surface area contributed by atoms with E-state index in [1.165, 1.54) is 0 Å². The minimum Gasteiger partial charge on any atom is -0.544 e. The smallest absolute Gasteiger partial charge is 0.306 e. The van der Waals surface area contributed by atoms with Crippen molar-refractivity contribution < 1.29 is 38.2 Å². The summed E-state index contributed by atoms with van der Waals surface area (Å²) in [4.78, 5) is 36.8. The van der Waals surface area contributed by atoms with Crippen LogP contribution in [0.1, 0.15) is 123 Å². The molecule has 0 amide bonds. The van der Waals surface area contributed by atoms with Crippen LogP contribution in [0, 0.1) is 0 Å². The lowest BCUT2D eigenvalue weighted by atomic mass is 10.1. The highest BCUT2D eigenvalue weighted by Gasteiger charge is 2.25. The first-order chi connectivity index (χ1) is 29.1. The van der Waals surface area contributed by atoms with Gasteiger partial charge in [0.2, 0.25) is 0 Å². The van der Waals surface area contributed by atoms with E-state index in [-0.39, 0.29) is 49.5 Å². The van der Waals surface area contributed by atoms with Crippen molar-refractivity contribution in [2.45, 2.75) is 135 Å². The van der Waals surface area contributed by atoms with Crippen LogP contribution in [-0.4, -0.2) is 75.5 Å². The first-order valence-corrected chi connectivity index (χ1v) is 22.2. The first-order valence-electron chi connectivity index (χ1n) is 22.2. The normalized spacial score (nSPS) is 14.2. The fourth-order valence-electron chi connectivity index (χ4n) is 5.42. The number of quaternary nitrogens is 1.